The third kappa shape index (κ3) is 3.24. The SMILES string of the molecule is Cc1ccc(O)c(C(C)N2CCC(C3CCCN3)CC2)c1. The molecule has 0 aromatic heterocycles. The van der Waals surface area contributed by atoms with Gasteiger partial charge in [0.05, 0.1) is 0 Å². The van der Waals surface area contributed by atoms with Crippen LogP contribution in [-0.4, -0.2) is 35.7 Å². The summed E-state index contributed by atoms with van der Waals surface area (Å²) in [6.45, 7) is 7.82. The molecule has 2 aliphatic heterocycles. The quantitative estimate of drug-likeness (QED) is 0.896. The van der Waals surface area contributed by atoms with E-state index < -0.39 is 0 Å². The second kappa shape index (κ2) is 6.37. The van der Waals surface area contributed by atoms with Gasteiger partial charge in [0.25, 0.3) is 0 Å². The molecule has 1 aromatic rings. The molecule has 2 heterocycles. The van der Waals surface area contributed by atoms with E-state index >= 15 is 0 Å². The zero-order valence-corrected chi connectivity index (χ0v) is 13.3. The minimum atomic E-state index is 0.308. The van der Waals surface area contributed by atoms with E-state index in [-0.39, 0.29) is 0 Å². The molecule has 3 rings (SSSR count). The van der Waals surface area contributed by atoms with E-state index in [1.54, 1.807) is 0 Å². The van der Waals surface area contributed by atoms with Crippen molar-refractivity contribution in [1.82, 2.24) is 10.2 Å². The molecule has 0 radical (unpaired) electrons. The van der Waals surface area contributed by atoms with E-state index in [1.165, 1.54) is 37.8 Å². The van der Waals surface area contributed by atoms with Gasteiger partial charge < -0.3 is 10.4 Å². The van der Waals surface area contributed by atoms with Crippen LogP contribution >= 0.6 is 0 Å². The van der Waals surface area contributed by atoms with E-state index in [4.69, 9.17) is 0 Å². The Labute approximate surface area is 128 Å². The maximum atomic E-state index is 10.1. The molecule has 3 nitrogen and oxygen atoms in total. The molecule has 21 heavy (non-hydrogen) atoms. The van der Waals surface area contributed by atoms with Gasteiger partial charge in [-0.25, -0.2) is 0 Å². The zero-order chi connectivity index (χ0) is 14.8. The van der Waals surface area contributed by atoms with Crippen LogP contribution in [0.3, 0.4) is 0 Å². The van der Waals surface area contributed by atoms with E-state index in [9.17, 15) is 5.11 Å². The summed E-state index contributed by atoms with van der Waals surface area (Å²) in [4.78, 5) is 2.53. The van der Waals surface area contributed by atoms with Crippen LogP contribution in [0.2, 0.25) is 0 Å². The van der Waals surface area contributed by atoms with Crippen molar-refractivity contribution >= 4 is 0 Å². The normalized spacial score (nSPS) is 26.1. The number of phenolic OH excluding ortho intramolecular Hbond substituents is 1. The van der Waals surface area contributed by atoms with Gasteiger partial charge in [0.15, 0.2) is 0 Å². The van der Waals surface area contributed by atoms with Gasteiger partial charge in [-0.05, 0) is 71.1 Å². The maximum absolute atomic E-state index is 10.1. The van der Waals surface area contributed by atoms with Crippen LogP contribution < -0.4 is 5.32 Å². The van der Waals surface area contributed by atoms with Gasteiger partial charge in [0.1, 0.15) is 5.75 Å². The molecule has 2 unspecified atom stereocenters. The van der Waals surface area contributed by atoms with Crippen molar-refractivity contribution in [2.75, 3.05) is 19.6 Å². The zero-order valence-electron chi connectivity index (χ0n) is 13.3. The summed E-state index contributed by atoms with van der Waals surface area (Å²) >= 11 is 0. The first-order valence-corrected chi connectivity index (χ1v) is 8.42. The van der Waals surface area contributed by atoms with Crippen LogP contribution in [0, 0.1) is 12.8 Å². The van der Waals surface area contributed by atoms with Crippen LogP contribution in [-0.2, 0) is 0 Å². The predicted molar refractivity (Wildman–Crippen MR) is 86.6 cm³/mol. The molecule has 2 atom stereocenters. The number of rotatable bonds is 3. The van der Waals surface area contributed by atoms with Crippen LogP contribution in [0.4, 0.5) is 0 Å². The summed E-state index contributed by atoms with van der Waals surface area (Å²) in [5.41, 5.74) is 2.30. The average Bonchev–Trinajstić information content (AvgIpc) is 3.03. The van der Waals surface area contributed by atoms with Crippen molar-refractivity contribution in [2.45, 2.75) is 51.6 Å². The van der Waals surface area contributed by atoms with E-state index in [0.29, 0.717) is 11.8 Å². The Morgan fingerprint density at radius 3 is 2.67 bits per heavy atom. The van der Waals surface area contributed by atoms with Gasteiger partial charge in [-0.15, -0.1) is 0 Å². The third-order valence-electron chi connectivity index (χ3n) is 5.42. The summed E-state index contributed by atoms with van der Waals surface area (Å²) in [7, 11) is 0. The molecular formula is C18H28N2O. The molecule has 2 N–H and O–H groups in total. The summed E-state index contributed by atoms with van der Waals surface area (Å²) in [5, 5.41) is 13.8. The fraction of sp³-hybridized carbons (Fsp3) is 0.667. The maximum Gasteiger partial charge on any atom is 0.120 e. The molecule has 2 fully saturated rings. The van der Waals surface area contributed by atoms with Crippen molar-refractivity contribution < 1.29 is 5.11 Å². The Bertz CT molecular complexity index is 474. The first-order chi connectivity index (χ1) is 10.1. The smallest absolute Gasteiger partial charge is 0.120 e. The number of benzene rings is 1. The van der Waals surface area contributed by atoms with Crippen molar-refractivity contribution in [1.29, 1.82) is 0 Å². The summed E-state index contributed by atoms with van der Waals surface area (Å²) < 4.78 is 0. The molecule has 0 spiro atoms. The lowest BCUT2D eigenvalue weighted by Gasteiger charge is -2.38. The Kier molecular flexibility index (Phi) is 4.51. The highest BCUT2D eigenvalue weighted by molar-refractivity contribution is 5.37. The number of aromatic hydroxyl groups is 1. The number of hydrogen-bond donors (Lipinski definition) is 2. The molecule has 2 aliphatic rings. The number of nitrogens with zero attached hydrogens (tertiary/aromatic N) is 1. The summed E-state index contributed by atoms with van der Waals surface area (Å²) in [5.74, 6) is 1.29. The van der Waals surface area contributed by atoms with Gasteiger partial charge in [-0.3, -0.25) is 4.90 Å². The third-order valence-corrected chi connectivity index (χ3v) is 5.42. The highest BCUT2D eigenvalue weighted by Crippen LogP contribution is 2.33. The number of aryl methyl sites for hydroxylation is 1. The lowest BCUT2D eigenvalue weighted by atomic mass is 9.87. The monoisotopic (exact) mass is 288 g/mol. The van der Waals surface area contributed by atoms with Crippen molar-refractivity contribution in [3.05, 3.63) is 29.3 Å². The van der Waals surface area contributed by atoms with Crippen LogP contribution in [0.25, 0.3) is 0 Å². The molecule has 0 aliphatic carbocycles. The molecule has 3 heteroatoms. The van der Waals surface area contributed by atoms with E-state index in [0.717, 1.165) is 30.6 Å². The number of piperidine rings is 1. The first-order valence-electron chi connectivity index (χ1n) is 8.42. The molecule has 116 valence electrons. The second-order valence-corrected chi connectivity index (χ2v) is 6.81. The lowest BCUT2D eigenvalue weighted by Crippen LogP contribution is -2.41. The minimum absolute atomic E-state index is 0.308. The Balaban J connectivity index is 1.62. The standard InChI is InChI=1S/C18H28N2O/c1-13-5-6-18(21)16(12-13)14(2)20-10-7-15(8-11-20)17-4-3-9-19-17/h5-6,12,14-15,17,19,21H,3-4,7-11H2,1-2H3. The topological polar surface area (TPSA) is 35.5 Å². The summed E-state index contributed by atoms with van der Waals surface area (Å²) in [6.07, 6.45) is 5.28. The van der Waals surface area contributed by atoms with Gasteiger partial charge in [0.2, 0.25) is 0 Å². The lowest BCUT2D eigenvalue weighted by molar-refractivity contribution is 0.125. The summed E-state index contributed by atoms with van der Waals surface area (Å²) in [6, 6.07) is 7.00. The molecule has 2 saturated heterocycles. The van der Waals surface area contributed by atoms with Gasteiger partial charge in [-0.2, -0.15) is 0 Å². The van der Waals surface area contributed by atoms with E-state index in [2.05, 4.69) is 30.1 Å². The fourth-order valence-corrected chi connectivity index (χ4v) is 4.03. The molecule has 0 amide bonds. The van der Waals surface area contributed by atoms with Crippen molar-refractivity contribution in [3.8, 4) is 5.75 Å². The second-order valence-electron chi connectivity index (χ2n) is 6.81. The predicted octanol–water partition coefficient (Wildman–Crippen LogP) is 3.23. The number of hydrogen-bond acceptors (Lipinski definition) is 3. The Morgan fingerprint density at radius 1 is 1.24 bits per heavy atom. The van der Waals surface area contributed by atoms with Crippen LogP contribution in [0.5, 0.6) is 5.75 Å². The Hall–Kier alpha value is -1.06. The van der Waals surface area contributed by atoms with Gasteiger partial charge in [-0.1, -0.05) is 17.7 Å². The van der Waals surface area contributed by atoms with Crippen LogP contribution in [0.15, 0.2) is 18.2 Å². The number of nitrogens with one attached hydrogen (secondary N) is 1. The minimum Gasteiger partial charge on any atom is -0.508 e. The molecular weight excluding hydrogens is 260 g/mol. The van der Waals surface area contributed by atoms with E-state index in [1.807, 2.05) is 12.1 Å². The highest BCUT2D eigenvalue weighted by Gasteiger charge is 2.30. The Morgan fingerprint density at radius 2 is 2.00 bits per heavy atom. The number of likely N-dealkylation sites (tertiary alicyclic amines) is 1. The first kappa shape index (κ1) is 14.9. The van der Waals surface area contributed by atoms with Gasteiger partial charge >= 0.3 is 0 Å². The molecule has 0 bridgehead atoms. The largest absolute Gasteiger partial charge is 0.508 e. The fourth-order valence-electron chi connectivity index (χ4n) is 4.03. The van der Waals surface area contributed by atoms with Gasteiger partial charge in [0, 0.05) is 17.6 Å². The molecule has 1 aromatic carbocycles. The average molecular weight is 288 g/mol. The molecule has 0 saturated carbocycles. The van der Waals surface area contributed by atoms with Crippen molar-refractivity contribution in [2.24, 2.45) is 5.92 Å². The highest BCUT2D eigenvalue weighted by atomic mass is 16.3. The van der Waals surface area contributed by atoms with Crippen LogP contribution in [0.1, 0.15) is 49.8 Å². The number of phenols is 1. The van der Waals surface area contributed by atoms with Crippen molar-refractivity contribution in [3.63, 3.8) is 0 Å².